The second-order valence-corrected chi connectivity index (χ2v) is 5.47. The Morgan fingerprint density at radius 1 is 1.20 bits per heavy atom. The van der Waals surface area contributed by atoms with Crippen molar-refractivity contribution >= 4 is 11.5 Å². The van der Waals surface area contributed by atoms with Crippen molar-refractivity contribution in [2.24, 2.45) is 0 Å². The normalized spacial score (nSPS) is 11.3. The fourth-order valence-electron chi connectivity index (χ4n) is 2.41. The molecule has 0 spiro atoms. The van der Waals surface area contributed by atoms with Crippen LogP contribution in [0.4, 0.5) is 5.69 Å². The molecule has 130 valence electrons. The molecule has 0 aliphatic rings. The predicted octanol–water partition coefficient (Wildman–Crippen LogP) is 2.92. The molecule has 0 aliphatic heterocycles. The highest BCUT2D eigenvalue weighted by atomic mass is 16.5. The first-order valence-electron chi connectivity index (χ1n) is 7.68. The number of aliphatic hydroxyl groups is 1. The first kappa shape index (κ1) is 18.3. The number of ketones is 1. The minimum absolute atomic E-state index is 0.121. The van der Waals surface area contributed by atoms with Crippen LogP contribution < -0.4 is 14.8 Å². The molecular weight excluding hydrogens is 320 g/mol. The first-order chi connectivity index (χ1) is 12.0. The molecule has 0 aromatic heterocycles. The van der Waals surface area contributed by atoms with Crippen molar-refractivity contribution in [3.63, 3.8) is 0 Å². The highest BCUT2D eigenvalue weighted by Crippen LogP contribution is 2.27. The summed E-state index contributed by atoms with van der Waals surface area (Å²) in [5, 5.41) is 22.5. The van der Waals surface area contributed by atoms with Crippen molar-refractivity contribution in [3.05, 3.63) is 53.1 Å². The van der Waals surface area contributed by atoms with Gasteiger partial charge in [0, 0.05) is 23.9 Å². The third-order valence-corrected chi connectivity index (χ3v) is 3.77. The van der Waals surface area contributed by atoms with Crippen LogP contribution in [0.15, 0.2) is 36.4 Å². The van der Waals surface area contributed by atoms with Gasteiger partial charge in [-0.1, -0.05) is 0 Å². The summed E-state index contributed by atoms with van der Waals surface area (Å²) in [7, 11) is 3.07. The molecule has 1 atom stereocenters. The van der Waals surface area contributed by atoms with E-state index in [4.69, 9.17) is 14.7 Å². The quantitative estimate of drug-likeness (QED) is 0.753. The number of nitrogens with one attached hydrogen (secondary N) is 1. The lowest BCUT2D eigenvalue weighted by molar-refractivity contribution is 0.101. The second kappa shape index (κ2) is 8.18. The highest BCUT2D eigenvalue weighted by molar-refractivity contribution is 5.99. The molecule has 0 bridgehead atoms. The van der Waals surface area contributed by atoms with Gasteiger partial charge >= 0.3 is 0 Å². The summed E-state index contributed by atoms with van der Waals surface area (Å²) in [5.41, 5.74) is 2.03. The lowest BCUT2D eigenvalue weighted by Crippen LogP contribution is -2.14. The van der Waals surface area contributed by atoms with Gasteiger partial charge in [-0.05, 0) is 42.8 Å². The van der Waals surface area contributed by atoms with Crippen LogP contribution in [0.2, 0.25) is 0 Å². The average molecular weight is 340 g/mol. The molecule has 0 fully saturated rings. The van der Waals surface area contributed by atoms with Crippen LogP contribution in [0, 0.1) is 11.3 Å². The highest BCUT2D eigenvalue weighted by Gasteiger charge is 2.13. The Morgan fingerprint density at radius 3 is 2.36 bits per heavy atom. The Balaban J connectivity index is 2.21. The van der Waals surface area contributed by atoms with Gasteiger partial charge in [-0.25, -0.2) is 0 Å². The molecule has 0 aliphatic carbocycles. The zero-order valence-corrected chi connectivity index (χ0v) is 14.4. The number of ether oxygens (including phenoxy) is 2. The van der Waals surface area contributed by atoms with E-state index in [1.54, 1.807) is 36.4 Å². The molecule has 0 radical (unpaired) electrons. The predicted molar refractivity (Wildman–Crippen MR) is 94.2 cm³/mol. The lowest BCUT2D eigenvalue weighted by atomic mass is 10.1. The number of rotatable bonds is 7. The summed E-state index contributed by atoms with van der Waals surface area (Å²) in [6.07, 6.45) is -0.852. The number of benzene rings is 2. The lowest BCUT2D eigenvalue weighted by Gasteiger charge is -2.17. The van der Waals surface area contributed by atoms with Gasteiger partial charge in [0.15, 0.2) is 5.78 Å². The van der Waals surface area contributed by atoms with Crippen molar-refractivity contribution in [2.75, 3.05) is 26.1 Å². The van der Waals surface area contributed by atoms with Crippen molar-refractivity contribution in [2.45, 2.75) is 13.0 Å². The van der Waals surface area contributed by atoms with E-state index in [1.165, 1.54) is 21.1 Å². The van der Waals surface area contributed by atoms with Crippen molar-refractivity contribution in [1.82, 2.24) is 0 Å². The number of Topliss-reactive ketones (excluding diaryl/α,β-unsaturated/α-hetero) is 1. The molecule has 2 aromatic rings. The monoisotopic (exact) mass is 340 g/mol. The van der Waals surface area contributed by atoms with E-state index in [9.17, 15) is 9.90 Å². The Morgan fingerprint density at radius 2 is 1.84 bits per heavy atom. The Hall–Kier alpha value is -3.04. The Kier molecular flexibility index (Phi) is 5.98. The number of nitrogens with zero attached hydrogens (tertiary/aromatic N) is 1. The van der Waals surface area contributed by atoms with Gasteiger partial charge < -0.3 is 19.9 Å². The summed E-state index contributed by atoms with van der Waals surface area (Å²) >= 11 is 0. The summed E-state index contributed by atoms with van der Waals surface area (Å²) in [4.78, 5) is 11.7. The van der Waals surface area contributed by atoms with Gasteiger partial charge in [-0.15, -0.1) is 0 Å². The van der Waals surface area contributed by atoms with Crippen LogP contribution in [0.5, 0.6) is 11.5 Å². The number of carbonyl (C=O) groups excluding carboxylic acids is 1. The SMILES string of the molecule is COc1cc(OC)cc(C(O)CNc2cc(C#N)ccc2C(C)=O)c1. The topological polar surface area (TPSA) is 91.6 Å². The third kappa shape index (κ3) is 4.49. The number of hydrogen-bond acceptors (Lipinski definition) is 6. The summed E-state index contributed by atoms with van der Waals surface area (Å²) in [6.45, 7) is 1.61. The van der Waals surface area contributed by atoms with E-state index in [-0.39, 0.29) is 12.3 Å². The first-order valence-corrected chi connectivity index (χ1v) is 7.68. The van der Waals surface area contributed by atoms with Crippen LogP contribution in [-0.2, 0) is 0 Å². The van der Waals surface area contributed by atoms with E-state index in [1.807, 2.05) is 6.07 Å². The fraction of sp³-hybridized carbons (Fsp3) is 0.263. The molecule has 6 nitrogen and oxygen atoms in total. The number of anilines is 1. The van der Waals surface area contributed by atoms with Crippen LogP contribution in [0.3, 0.4) is 0 Å². The van der Waals surface area contributed by atoms with E-state index >= 15 is 0 Å². The molecule has 1 unspecified atom stereocenters. The summed E-state index contributed by atoms with van der Waals surface area (Å²) in [5.74, 6) is 1.03. The van der Waals surface area contributed by atoms with E-state index < -0.39 is 6.10 Å². The zero-order chi connectivity index (χ0) is 18.4. The molecule has 2 aromatic carbocycles. The average Bonchev–Trinajstić information content (AvgIpc) is 2.64. The molecule has 0 saturated carbocycles. The maximum absolute atomic E-state index is 11.7. The summed E-state index contributed by atoms with van der Waals surface area (Å²) in [6, 6.07) is 12.0. The van der Waals surface area contributed by atoms with Crippen molar-refractivity contribution < 1.29 is 19.4 Å². The maximum Gasteiger partial charge on any atom is 0.161 e. The van der Waals surface area contributed by atoms with Crippen LogP contribution in [0.1, 0.15) is 34.5 Å². The molecule has 0 heterocycles. The number of aliphatic hydroxyl groups excluding tert-OH is 1. The van der Waals surface area contributed by atoms with Crippen molar-refractivity contribution in [3.8, 4) is 17.6 Å². The van der Waals surface area contributed by atoms with Crippen molar-refractivity contribution in [1.29, 1.82) is 5.26 Å². The van der Waals surface area contributed by atoms with Gasteiger partial charge in [0.2, 0.25) is 0 Å². The van der Waals surface area contributed by atoms with Gasteiger partial charge in [-0.2, -0.15) is 5.26 Å². The maximum atomic E-state index is 11.7. The fourth-order valence-corrected chi connectivity index (χ4v) is 2.41. The molecule has 0 saturated heterocycles. The molecule has 2 rings (SSSR count). The van der Waals surface area contributed by atoms with Gasteiger partial charge in [0.05, 0.1) is 32.0 Å². The van der Waals surface area contributed by atoms with E-state index in [0.29, 0.717) is 33.9 Å². The minimum atomic E-state index is -0.852. The summed E-state index contributed by atoms with van der Waals surface area (Å²) < 4.78 is 10.4. The third-order valence-electron chi connectivity index (χ3n) is 3.77. The van der Waals surface area contributed by atoms with E-state index in [2.05, 4.69) is 5.32 Å². The number of nitriles is 1. The largest absolute Gasteiger partial charge is 0.497 e. The molecule has 6 heteroatoms. The Labute approximate surface area is 146 Å². The van der Waals surface area contributed by atoms with E-state index in [0.717, 1.165) is 0 Å². The number of hydrogen-bond donors (Lipinski definition) is 2. The molecule has 25 heavy (non-hydrogen) atoms. The second-order valence-electron chi connectivity index (χ2n) is 5.47. The van der Waals surface area contributed by atoms with Crippen LogP contribution >= 0.6 is 0 Å². The zero-order valence-electron chi connectivity index (χ0n) is 14.4. The Bertz CT molecular complexity index is 789. The van der Waals surface area contributed by atoms with Gasteiger partial charge in [-0.3, -0.25) is 4.79 Å². The standard InChI is InChI=1S/C19H20N2O4/c1-12(22)17-5-4-13(10-20)6-18(17)21-11-19(23)14-7-15(24-2)9-16(8-14)25-3/h4-9,19,21,23H,11H2,1-3H3. The van der Waals surface area contributed by atoms with Crippen LogP contribution in [0.25, 0.3) is 0 Å². The van der Waals surface area contributed by atoms with Crippen LogP contribution in [-0.4, -0.2) is 31.7 Å². The number of carbonyl (C=O) groups is 1. The van der Waals surface area contributed by atoms with Gasteiger partial charge in [0.1, 0.15) is 11.5 Å². The smallest absolute Gasteiger partial charge is 0.161 e. The molecular formula is C19H20N2O4. The molecule has 2 N–H and O–H groups in total. The van der Waals surface area contributed by atoms with Gasteiger partial charge in [0.25, 0.3) is 0 Å². The molecule has 0 amide bonds. The number of methoxy groups -OCH3 is 2. The minimum Gasteiger partial charge on any atom is -0.497 e.